The van der Waals surface area contributed by atoms with Crippen molar-refractivity contribution < 1.29 is 26.7 Å². The highest BCUT2D eigenvalue weighted by atomic mass is 32.2. The minimum absolute atomic E-state index is 0.164. The van der Waals surface area contributed by atoms with E-state index in [1.54, 1.807) is 0 Å². The third-order valence-electron chi connectivity index (χ3n) is 3.63. The van der Waals surface area contributed by atoms with Crippen molar-refractivity contribution in [1.29, 1.82) is 0 Å². The second-order valence-electron chi connectivity index (χ2n) is 5.49. The molecule has 0 aromatic heterocycles. The summed E-state index contributed by atoms with van der Waals surface area (Å²) in [6, 6.07) is 4.24. The zero-order valence-corrected chi connectivity index (χ0v) is 12.6. The first-order chi connectivity index (χ1) is 10.2. The lowest BCUT2D eigenvalue weighted by Gasteiger charge is -2.18. The van der Waals surface area contributed by atoms with Crippen molar-refractivity contribution in [3.63, 3.8) is 0 Å². The molecule has 0 saturated heterocycles. The number of rotatable bonds is 7. The molecule has 1 aliphatic carbocycles. The smallest absolute Gasteiger partial charge is 0.396 e. The van der Waals surface area contributed by atoms with Gasteiger partial charge in [-0.1, -0.05) is 18.2 Å². The lowest BCUT2D eigenvalue weighted by molar-refractivity contribution is -0.138. The van der Waals surface area contributed by atoms with Crippen molar-refractivity contribution in [2.75, 3.05) is 6.61 Å². The third kappa shape index (κ3) is 4.69. The van der Waals surface area contributed by atoms with E-state index < -0.39 is 33.6 Å². The molecule has 0 amide bonds. The number of halogens is 3. The van der Waals surface area contributed by atoms with Gasteiger partial charge in [-0.2, -0.15) is 13.2 Å². The van der Waals surface area contributed by atoms with Crippen LogP contribution in [0.1, 0.15) is 30.4 Å². The molecule has 0 bridgehead atoms. The van der Waals surface area contributed by atoms with Gasteiger partial charge in [-0.05, 0) is 36.8 Å². The maximum absolute atomic E-state index is 12.9. The molecule has 2 N–H and O–H groups in total. The first-order valence-electron chi connectivity index (χ1n) is 6.99. The normalized spacial score (nSPS) is 17.5. The molecule has 1 aromatic rings. The van der Waals surface area contributed by atoms with Crippen LogP contribution in [0.4, 0.5) is 13.2 Å². The average Bonchev–Trinajstić information content (AvgIpc) is 3.21. The summed E-state index contributed by atoms with van der Waals surface area (Å²) in [6.07, 6.45) is -2.59. The Morgan fingerprint density at radius 3 is 2.45 bits per heavy atom. The van der Waals surface area contributed by atoms with Crippen LogP contribution in [-0.2, 0) is 22.0 Å². The number of sulfonamides is 1. The molecule has 1 aromatic carbocycles. The number of aliphatic hydroxyl groups excluding tert-OH is 1. The Morgan fingerprint density at radius 1 is 1.27 bits per heavy atom. The molecular formula is C14H18F3NO3S. The van der Waals surface area contributed by atoms with Crippen LogP contribution in [0.5, 0.6) is 0 Å². The van der Waals surface area contributed by atoms with Gasteiger partial charge in [0.2, 0.25) is 10.0 Å². The minimum Gasteiger partial charge on any atom is -0.396 e. The van der Waals surface area contributed by atoms with Crippen LogP contribution in [0, 0.1) is 5.92 Å². The molecule has 0 spiro atoms. The van der Waals surface area contributed by atoms with Gasteiger partial charge in [-0.25, -0.2) is 13.1 Å². The van der Waals surface area contributed by atoms with E-state index >= 15 is 0 Å². The first-order valence-corrected chi connectivity index (χ1v) is 8.64. The maximum Gasteiger partial charge on any atom is 0.416 e. The van der Waals surface area contributed by atoms with Crippen LogP contribution in [0.25, 0.3) is 0 Å². The molecule has 1 saturated carbocycles. The summed E-state index contributed by atoms with van der Waals surface area (Å²) in [7, 11) is -3.90. The molecule has 1 aliphatic rings. The van der Waals surface area contributed by atoms with E-state index in [1.165, 1.54) is 18.2 Å². The maximum atomic E-state index is 12.9. The summed E-state index contributed by atoms with van der Waals surface area (Å²) in [5, 5.41) is 8.97. The van der Waals surface area contributed by atoms with Crippen molar-refractivity contribution in [1.82, 2.24) is 4.72 Å². The second-order valence-corrected chi connectivity index (χ2v) is 7.24. The lowest BCUT2D eigenvalue weighted by Crippen LogP contribution is -2.38. The Bertz CT molecular complexity index is 612. The number of hydrogen-bond donors (Lipinski definition) is 2. The van der Waals surface area contributed by atoms with Crippen molar-refractivity contribution in [3.8, 4) is 0 Å². The molecule has 0 heterocycles. The number of aliphatic hydroxyl groups is 1. The molecule has 1 unspecified atom stereocenters. The summed E-state index contributed by atoms with van der Waals surface area (Å²) in [6.45, 7) is -0.164. The zero-order chi connectivity index (χ0) is 16.4. The molecule has 4 nitrogen and oxygen atoms in total. The van der Waals surface area contributed by atoms with E-state index in [2.05, 4.69) is 4.72 Å². The fraction of sp³-hybridized carbons (Fsp3) is 0.571. The van der Waals surface area contributed by atoms with Gasteiger partial charge in [0.15, 0.2) is 0 Å². The highest BCUT2D eigenvalue weighted by molar-refractivity contribution is 7.88. The summed E-state index contributed by atoms with van der Waals surface area (Å²) in [4.78, 5) is 0. The molecule has 0 radical (unpaired) electrons. The summed E-state index contributed by atoms with van der Waals surface area (Å²) in [5.74, 6) is -0.558. The number of alkyl halides is 3. The van der Waals surface area contributed by atoms with Crippen LogP contribution in [0.3, 0.4) is 0 Å². The highest BCUT2D eigenvalue weighted by Crippen LogP contribution is 2.35. The van der Waals surface area contributed by atoms with E-state index in [0.717, 1.165) is 18.9 Å². The molecule has 1 fully saturated rings. The number of benzene rings is 1. The van der Waals surface area contributed by atoms with E-state index in [4.69, 9.17) is 5.11 Å². The van der Waals surface area contributed by atoms with Gasteiger partial charge in [-0.3, -0.25) is 0 Å². The number of nitrogens with one attached hydrogen (secondary N) is 1. The van der Waals surface area contributed by atoms with Gasteiger partial charge in [0.05, 0.1) is 11.3 Å². The topological polar surface area (TPSA) is 66.4 Å². The Morgan fingerprint density at radius 2 is 1.91 bits per heavy atom. The van der Waals surface area contributed by atoms with Crippen molar-refractivity contribution in [2.45, 2.75) is 37.2 Å². The van der Waals surface area contributed by atoms with E-state index in [1.807, 2.05) is 0 Å². The van der Waals surface area contributed by atoms with Crippen molar-refractivity contribution in [3.05, 3.63) is 35.4 Å². The predicted octanol–water partition coefficient (Wildman–Crippen LogP) is 2.29. The van der Waals surface area contributed by atoms with Gasteiger partial charge in [0.1, 0.15) is 0 Å². The number of hydrogen-bond acceptors (Lipinski definition) is 3. The zero-order valence-electron chi connectivity index (χ0n) is 11.8. The van der Waals surface area contributed by atoms with Gasteiger partial charge < -0.3 is 5.11 Å². The van der Waals surface area contributed by atoms with Gasteiger partial charge in [0, 0.05) is 12.6 Å². The van der Waals surface area contributed by atoms with Crippen LogP contribution in [0.2, 0.25) is 0 Å². The van der Waals surface area contributed by atoms with E-state index in [-0.39, 0.29) is 24.5 Å². The second kappa shape index (κ2) is 6.55. The SMILES string of the molecule is O=S(=O)(Cc1ccccc1C(F)(F)F)NC(CCO)C1CC1. The van der Waals surface area contributed by atoms with Gasteiger partial charge in [-0.15, -0.1) is 0 Å². The van der Waals surface area contributed by atoms with Gasteiger partial charge in [0.25, 0.3) is 0 Å². The molecule has 1 atom stereocenters. The molecular weight excluding hydrogens is 319 g/mol. The highest BCUT2D eigenvalue weighted by Gasteiger charge is 2.36. The lowest BCUT2D eigenvalue weighted by atomic mass is 10.1. The van der Waals surface area contributed by atoms with Crippen molar-refractivity contribution in [2.24, 2.45) is 5.92 Å². The molecule has 8 heteroatoms. The Kier molecular flexibility index (Phi) is 5.14. The minimum atomic E-state index is -4.59. The third-order valence-corrected chi connectivity index (χ3v) is 4.98. The summed E-state index contributed by atoms with van der Waals surface area (Å²) in [5.41, 5.74) is -1.22. The Balaban J connectivity index is 2.15. The average molecular weight is 337 g/mol. The van der Waals surface area contributed by atoms with Crippen LogP contribution in [-0.4, -0.2) is 26.2 Å². The standard InChI is InChI=1S/C14H18F3NO3S/c15-14(16,17)12-4-2-1-3-11(12)9-22(20,21)18-13(7-8-19)10-5-6-10/h1-4,10,13,18-19H,5-9H2. The van der Waals surface area contributed by atoms with Crippen LogP contribution < -0.4 is 4.72 Å². The molecule has 0 aliphatic heterocycles. The fourth-order valence-electron chi connectivity index (χ4n) is 2.43. The largest absolute Gasteiger partial charge is 0.416 e. The molecule has 22 heavy (non-hydrogen) atoms. The fourth-order valence-corrected chi connectivity index (χ4v) is 3.94. The monoisotopic (exact) mass is 337 g/mol. The van der Waals surface area contributed by atoms with Crippen LogP contribution in [0.15, 0.2) is 24.3 Å². The Labute approximate surface area is 127 Å². The quantitative estimate of drug-likeness (QED) is 0.802. The Hall–Kier alpha value is -1.12. The predicted molar refractivity (Wildman–Crippen MR) is 75.4 cm³/mol. The molecule has 2 rings (SSSR count). The first kappa shape index (κ1) is 17.2. The summed E-state index contributed by atoms with van der Waals surface area (Å²) < 4.78 is 65.4. The summed E-state index contributed by atoms with van der Waals surface area (Å²) >= 11 is 0. The molecule has 124 valence electrons. The van der Waals surface area contributed by atoms with Gasteiger partial charge >= 0.3 is 6.18 Å². The van der Waals surface area contributed by atoms with Crippen molar-refractivity contribution >= 4 is 10.0 Å². The van der Waals surface area contributed by atoms with Crippen LogP contribution >= 0.6 is 0 Å². The van der Waals surface area contributed by atoms with E-state index in [0.29, 0.717) is 0 Å². The van der Waals surface area contributed by atoms with E-state index in [9.17, 15) is 21.6 Å².